The molecule has 3 aromatic carbocycles. The average Bonchev–Trinajstić information content (AvgIpc) is 3.13. The van der Waals surface area contributed by atoms with Crippen LogP contribution in [0.15, 0.2) is 48.5 Å². The van der Waals surface area contributed by atoms with Crippen molar-refractivity contribution in [3.8, 4) is 11.5 Å². The van der Waals surface area contributed by atoms with Gasteiger partial charge in [0, 0.05) is 19.2 Å². The van der Waals surface area contributed by atoms with Crippen LogP contribution in [0.25, 0.3) is 10.8 Å². The van der Waals surface area contributed by atoms with Gasteiger partial charge in [-0.3, -0.25) is 4.79 Å². The Hall–Kier alpha value is -3.15. The SMILES string of the molecule is COc1cc(CN(C)C(=O)c2ccc3c4c(cccc24)CC3)ccc1OC(F)F. The quantitative estimate of drug-likeness (QED) is 0.599. The molecule has 4 rings (SSSR count). The van der Waals surface area contributed by atoms with Crippen molar-refractivity contribution in [2.45, 2.75) is 26.0 Å². The molecule has 0 aromatic heterocycles. The molecule has 1 aliphatic carbocycles. The summed E-state index contributed by atoms with van der Waals surface area (Å²) in [4.78, 5) is 14.8. The second-order valence-electron chi connectivity index (χ2n) is 7.14. The van der Waals surface area contributed by atoms with Gasteiger partial charge in [0.25, 0.3) is 5.91 Å². The highest BCUT2D eigenvalue weighted by Gasteiger charge is 2.21. The minimum atomic E-state index is -2.93. The third-order valence-corrected chi connectivity index (χ3v) is 5.32. The predicted molar refractivity (Wildman–Crippen MR) is 107 cm³/mol. The summed E-state index contributed by atoms with van der Waals surface area (Å²) >= 11 is 0. The molecule has 0 N–H and O–H groups in total. The number of benzene rings is 3. The van der Waals surface area contributed by atoms with Gasteiger partial charge < -0.3 is 14.4 Å². The van der Waals surface area contributed by atoms with Crippen LogP contribution in [-0.4, -0.2) is 31.6 Å². The van der Waals surface area contributed by atoms with Crippen LogP contribution in [0.3, 0.4) is 0 Å². The summed E-state index contributed by atoms with van der Waals surface area (Å²) in [5, 5.41) is 2.18. The third-order valence-electron chi connectivity index (χ3n) is 5.32. The molecule has 0 aliphatic heterocycles. The van der Waals surface area contributed by atoms with Crippen LogP contribution in [0.1, 0.15) is 27.0 Å². The molecule has 0 saturated carbocycles. The highest BCUT2D eigenvalue weighted by Crippen LogP contribution is 2.34. The maximum atomic E-state index is 13.1. The number of nitrogens with zero attached hydrogens (tertiary/aromatic N) is 1. The summed E-state index contributed by atoms with van der Waals surface area (Å²) in [7, 11) is 3.11. The van der Waals surface area contributed by atoms with E-state index >= 15 is 0 Å². The number of alkyl halides is 2. The lowest BCUT2D eigenvalue weighted by atomic mass is 9.99. The molecule has 0 atom stereocenters. The second-order valence-corrected chi connectivity index (χ2v) is 7.14. The first kappa shape index (κ1) is 19.2. The molecule has 6 heteroatoms. The fourth-order valence-corrected chi connectivity index (χ4v) is 3.99. The number of aryl methyl sites for hydroxylation is 2. The fourth-order valence-electron chi connectivity index (χ4n) is 3.99. The molecule has 150 valence electrons. The lowest BCUT2D eigenvalue weighted by Crippen LogP contribution is -2.26. The van der Waals surface area contributed by atoms with E-state index in [9.17, 15) is 13.6 Å². The van der Waals surface area contributed by atoms with Crippen LogP contribution in [0.2, 0.25) is 0 Å². The molecule has 0 radical (unpaired) electrons. The average molecular weight is 397 g/mol. The van der Waals surface area contributed by atoms with E-state index in [2.05, 4.69) is 10.8 Å². The Labute approximate surface area is 167 Å². The van der Waals surface area contributed by atoms with E-state index in [0.29, 0.717) is 12.1 Å². The van der Waals surface area contributed by atoms with E-state index in [1.165, 1.54) is 29.7 Å². The van der Waals surface area contributed by atoms with Gasteiger partial charge in [-0.2, -0.15) is 8.78 Å². The lowest BCUT2D eigenvalue weighted by molar-refractivity contribution is -0.0512. The molecular weight excluding hydrogens is 376 g/mol. The maximum absolute atomic E-state index is 13.1. The molecule has 0 unspecified atom stereocenters. The van der Waals surface area contributed by atoms with Crippen LogP contribution >= 0.6 is 0 Å². The molecule has 0 bridgehead atoms. The number of halogens is 2. The van der Waals surface area contributed by atoms with Crippen LogP contribution in [0.5, 0.6) is 11.5 Å². The summed E-state index contributed by atoms with van der Waals surface area (Å²) in [5.74, 6) is 0.0780. The first-order valence-electron chi connectivity index (χ1n) is 9.38. The van der Waals surface area contributed by atoms with Gasteiger partial charge in [-0.25, -0.2) is 0 Å². The summed E-state index contributed by atoms with van der Waals surface area (Å²) in [6.07, 6.45) is 2.01. The molecule has 1 aliphatic rings. The number of rotatable bonds is 6. The van der Waals surface area contributed by atoms with Gasteiger partial charge in [-0.05, 0) is 58.5 Å². The van der Waals surface area contributed by atoms with Crippen LogP contribution in [0, 0.1) is 0 Å². The Morgan fingerprint density at radius 2 is 1.83 bits per heavy atom. The van der Waals surface area contributed by atoms with Gasteiger partial charge in [-0.15, -0.1) is 0 Å². The van der Waals surface area contributed by atoms with Crippen molar-refractivity contribution < 1.29 is 23.0 Å². The third kappa shape index (κ3) is 3.62. The van der Waals surface area contributed by atoms with Crippen LogP contribution < -0.4 is 9.47 Å². The van der Waals surface area contributed by atoms with Crippen molar-refractivity contribution in [1.82, 2.24) is 4.90 Å². The highest BCUT2D eigenvalue weighted by molar-refractivity contribution is 6.09. The zero-order chi connectivity index (χ0) is 20.5. The van der Waals surface area contributed by atoms with Crippen molar-refractivity contribution in [1.29, 1.82) is 0 Å². The Kier molecular flexibility index (Phi) is 5.09. The first-order chi connectivity index (χ1) is 14.0. The van der Waals surface area contributed by atoms with E-state index in [4.69, 9.17) is 4.74 Å². The van der Waals surface area contributed by atoms with Crippen molar-refractivity contribution in [2.75, 3.05) is 14.2 Å². The molecule has 0 saturated heterocycles. The van der Waals surface area contributed by atoms with Gasteiger partial charge in [0.05, 0.1) is 7.11 Å². The van der Waals surface area contributed by atoms with E-state index in [1.54, 1.807) is 24.1 Å². The number of carbonyl (C=O) groups excluding carboxylic acids is 1. The molecule has 0 fully saturated rings. The van der Waals surface area contributed by atoms with E-state index in [-0.39, 0.29) is 17.4 Å². The summed E-state index contributed by atoms with van der Waals surface area (Å²) in [6, 6.07) is 14.7. The molecule has 1 amide bonds. The van der Waals surface area contributed by atoms with Crippen molar-refractivity contribution in [3.05, 3.63) is 70.8 Å². The fraction of sp³-hybridized carbons (Fsp3) is 0.261. The van der Waals surface area contributed by atoms with Crippen LogP contribution in [-0.2, 0) is 19.4 Å². The number of amides is 1. The Morgan fingerprint density at radius 1 is 1.07 bits per heavy atom. The normalized spacial score (nSPS) is 12.4. The van der Waals surface area contributed by atoms with Gasteiger partial charge in [0.15, 0.2) is 11.5 Å². The van der Waals surface area contributed by atoms with Crippen molar-refractivity contribution in [2.24, 2.45) is 0 Å². The smallest absolute Gasteiger partial charge is 0.387 e. The monoisotopic (exact) mass is 397 g/mol. The van der Waals surface area contributed by atoms with E-state index in [0.717, 1.165) is 23.8 Å². The van der Waals surface area contributed by atoms with Gasteiger partial charge >= 0.3 is 6.61 Å². The molecule has 0 spiro atoms. The molecule has 4 nitrogen and oxygen atoms in total. The number of methoxy groups -OCH3 is 1. The largest absolute Gasteiger partial charge is 0.493 e. The molecule has 29 heavy (non-hydrogen) atoms. The van der Waals surface area contributed by atoms with Crippen molar-refractivity contribution >= 4 is 16.7 Å². The number of hydrogen-bond donors (Lipinski definition) is 0. The summed E-state index contributed by atoms with van der Waals surface area (Å²) < 4.78 is 34.6. The molecule has 0 heterocycles. The lowest BCUT2D eigenvalue weighted by Gasteiger charge is -2.20. The Balaban J connectivity index is 1.59. The van der Waals surface area contributed by atoms with Gasteiger partial charge in [0.2, 0.25) is 0 Å². The minimum absolute atomic E-state index is 0.0345. The van der Waals surface area contributed by atoms with E-state index < -0.39 is 6.61 Å². The zero-order valence-electron chi connectivity index (χ0n) is 16.2. The first-order valence-corrected chi connectivity index (χ1v) is 9.38. The number of carbonyl (C=O) groups is 1. The Bertz CT molecular complexity index is 1070. The number of ether oxygens (including phenoxy) is 2. The highest BCUT2D eigenvalue weighted by atomic mass is 19.3. The standard InChI is InChI=1S/C23H21F2NO3/c1-26(13-14-6-11-19(29-23(24)25)20(12-14)28-2)22(27)18-10-9-16-8-7-15-4-3-5-17(18)21(15)16/h3-6,9-12,23H,7-8,13H2,1-2H3. The number of hydrogen-bond acceptors (Lipinski definition) is 3. The van der Waals surface area contributed by atoms with Gasteiger partial charge in [0.1, 0.15) is 0 Å². The molecule has 3 aromatic rings. The van der Waals surface area contributed by atoms with Crippen LogP contribution in [0.4, 0.5) is 8.78 Å². The maximum Gasteiger partial charge on any atom is 0.387 e. The second kappa shape index (κ2) is 7.70. The summed E-state index contributed by atoms with van der Waals surface area (Å²) in [5.41, 5.74) is 3.99. The van der Waals surface area contributed by atoms with Gasteiger partial charge in [-0.1, -0.05) is 30.3 Å². The Morgan fingerprint density at radius 3 is 2.55 bits per heavy atom. The zero-order valence-corrected chi connectivity index (χ0v) is 16.2. The minimum Gasteiger partial charge on any atom is -0.493 e. The summed E-state index contributed by atoms with van der Waals surface area (Å²) in [6.45, 7) is -2.62. The van der Waals surface area contributed by atoms with Crippen molar-refractivity contribution in [3.63, 3.8) is 0 Å². The topological polar surface area (TPSA) is 38.8 Å². The predicted octanol–water partition coefficient (Wildman–Crippen LogP) is 4.82. The van der Waals surface area contributed by atoms with E-state index in [1.807, 2.05) is 24.3 Å². The molecular formula is C23H21F2NO3.